The van der Waals surface area contributed by atoms with Crippen molar-refractivity contribution >= 4 is 19.6 Å². The molecule has 0 aliphatic heterocycles. The molecule has 0 unspecified atom stereocenters. The summed E-state index contributed by atoms with van der Waals surface area (Å²) in [5.41, 5.74) is 0. The minimum atomic E-state index is -0.706. The van der Waals surface area contributed by atoms with Crippen molar-refractivity contribution in [3.05, 3.63) is 6.42 Å². The van der Waals surface area contributed by atoms with Crippen LogP contribution in [-0.4, -0.2) is 12.6 Å². The zero-order chi connectivity index (χ0) is 7.70. The summed E-state index contributed by atoms with van der Waals surface area (Å²) in [4.78, 5) is 9.89. The second-order valence-corrected chi connectivity index (χ2v) is 0.845. The summed E-state index contributed by atoms with van der Waals surface area (Å²) in [7, 11) is 0. The van der Waals surface area contributed by atoms with Crippen molar-refractivity contribution in [2.75, 3.05) is 6.61 Å². The average molecular weight is 242 g/mol. The third-order valence-corrected chi connectivity index (χ3v) is 0.377. The van der Waals surface area contributed by atoms with Gasteiger partial charge in [0.1, 0.15) is 0 Å². The van der Waals surface area contributed by atoms with Gasteiger partial charge in [0.2, 0.25) is 5.97 Å². The molecule has 0 aliphatic carbocycles. The van der Waals surface area contributed by atoms with E-state index in [4.69, 9.17) is 6.42 Å². The van der Waals surface area contributed by atoms with Gasteiger partial charge in [0.15, 0.2) is 0 Å². The summed E-state index contributed by atoms with van der Waals surface area (Å²) in [5.74, 6) is 0.849. The molecule has 0 bridgehead atoms. The fourth-order valence-electron chi connectivity index (χ4n) is 0.167. The van der Waals surface area contributed by atoms with Crippen molar-refractivity contribution in [2.24, 2.45) is 0 Å². The molecule has 9 heavy (non-hydrogen) atoms. The molecule has 0 amide bonds. The number of hydrogen-bond acceptors (Lipinski definition) is 2. The Labute approximate surface area is 71.4 Å². The molecule has 0 spiro atoms. The van der Waals surface area contributed by atoms with E-state index in [0.29, 0.717) is 6.61 Å². The first kappa shape index (κ1) is 11.9. The van der Waals surface area contributed by atoms with Crippen LogP contribution in [0.2, 0.25) is 0 Å². The Bertz CT molecular complexity index is 108. The molecule has 0 aromatic carbocycles. The van der Waals surface area contributed by atoms with Crippen molar-refractivity contribution < 1.29 is 25.9 Å². The molecule has 0 atom stereocenters. The molecule has 2 nitrogen and oxygen atoms in total. The molecule has 46 valence electrons. The molecule has 0 aliphatic rings. The van der Waals surface area contributed by atoms with Crippen molar-refractivity contribution in [1.82, 2.24) is 0 Å². The molecule has 0 aromatic rings. The maximum atomic E-state index is 9.89. The number of rotatable bonds is 1. The van der Waals surface area contributed by atoms with Gasteiger partial charge in [0.05, 0.1) is 6.61 Å². The van der Waals surface area contributed by atoms with Crippen LogP contribution >= 0.6 is 13.6 Å². The van der Waals surface area contributed by atoms with Gasteiger partial charge in [0, 0.05) is 0 Å². The number of carbonyl (C=O) groups is 1. The van der Waals surface area contributed by atoms with Crippen LogP contribution in [0.1, 0.15) is 6.92 Å². The molecule has 0 rings (SSSR count). The van der Waals surface area contributed by atoms with Gasteiger partial charge in [0.25, 0.3) is 0 Å². The molecular formula is C5H5BrO2Zn. The van der Waals surface area contributed by atoms with Crippen molar-refractivity contribution in [3.63, 3.8) is 0 Å². The molecule has 0 fully saturated rings. The van der Waals surface area contributed by atoms with Gasteiger partial charge in [-0.3, -0.25) is 0 Å². The Morgan fingerprint density at radius 3 is 2.44 bits per heavy atom. The Morgan fingerprint density at radius 2 is 2.33 bits per heavy atom. The van der Waals surface area contributed by atoms with Crippen LogP contribution in [0.15, 0.2) is 0 Å². The summed E-state index contributed by atoms with van der Waals surface area (Å²) in [6, 6.07) is 0. The molecule has 0 saturated carbocycles. The van der Waals surface area contributed by atoms with Gasteiger partial charge < -0.3 is 16.0 Å². The Kier molecular flexibility index (Phi) is 14.5. The van der Waals surface area contributed by atoms with E-state index in [1.807, 2.05) is 0 Å². The first-order valence-electron chi connectivity index (χ1n) is 2.17. The van der Waals surface area contributed by atoms with Crippen LogP contribution < -0.4 is 0 Å². The predicted octanol–water partition coefficient (Wildman–Crippen LogP) is 0.982. The zero-order valence-corrected chi connectivity index (χ0v) is 9.66. The van der Waals surface area contributed by atoms with Crippen LogP contribution in [0.5, 0.6) is 0 Å². The third-order valence-electron chi connectivity index (χ3n) is 0.377. The van der Waals surface area contributed by atoms with E-state index < -0.39 is 5.97 Å². The third kappa shape index (κ3) is 11.6. The number of ether oxygens (including phenoxy) is 1. The normalized spacial score (nSPS) is 6.11. The zero-order valence-electron chi connectivity index (χ0n) is 5.11. The topological polar surface area (TPSA) is 26.3 Å². The number of carbonyl (C=O) groups excluding carboxylic acids is 1. The van der Waals surface area contributed by atoms with Crippen LogP contribution in [0.3, 0.4) is 0 Å². The first-order chi connectivity index (χ1) is 4.31. The number of esters is 1. The molecule has 0 radical (unpaired) electrons. The Balaban J connectivity index is 0. The SMILES string of the molecule is [C-]#CC(=O)OCC.[Zn+][Br]. The minimum absolute atomic E-state index is 0.310. The van der Waals surface area contributed by atoms with E-state index in [-0.39, 0.29) is 0 Å². The van der Waals surface area contributed by atoms with Crippen molar-refractivity contribution in [3.8, 4) is 5.92 Å². The van der Waals surface area contributed by atoms with Gasteiger partial charge in [-0.1, -0.05) is 0 Å². The van der Waals surface area contributed by atoms with E-state index in [2.05, 4.69) is 18.4 Å². The Morgan fingerprint density at radius 1 is 1.89 bits per heavy atom. The molecule has 0 aromatic heterocycles. The van der Waals surface area contributed by atoms with E-state index in [1.54, 1.807) is 12.8 Å². The van der Waals surface area contributed by atoms with E-state index in [0.717, 1.165) is 0 Å². The van der Waals surface area contributed by atoms with Gasteiger partial charge >= 0.3 is 30.0 Å². The van der Waals surface area contributed by atoms with E-state index in [9.17, 15) is 4.79 Å². The van der Waals surface area contributed by atoms with Crippen LogP contribution in [0, 0.1) is 12.3 Å². The van der Waals surface area contributed by atoms with Crippen molar-refractivity contribution in [1.29, 1.82) is 0 Å². The summed E-state index contributed by atoms with van der Waals surface area (Å²) < 4.78 is 4.25. The van der Waals surface area contributed by atoms with E-state index in [1.165, 1.54) is 16.3 Å². The summed E-state index contributed by atoms with van der Waals surface area (Å²) in [6.07, 6.45) is 6.19. The summed E-state index contributed by atoms with van der Waals surface area (Å²) in [5, 5.41) is 0. The summed E-state index contributed by atoms with van der Waals surface area (Å²) in [6.45, 7) is 1.99. The molecule has 0 N–H and O–H groups in total. The predicted molar refractivity (Wildman–Crippen MR) is 32.7 cm³/mol. The fraction of sp³-hybridized carbons (Fsp3) is 0.400. The van der Waals surface area contributed by atoms with Gasteiger partial charge in [-0.15, -0.1) is 0 Å². The monoisotopic (exact) mass is 240 g/mol. The molecule has 0 saturated heterocycles. The summed E-state index contributed by atoms with van der Waals surface area (Å²) >= 11 is 4.25. The quantitative estimate of drug-likeness (QED) is 0.297. The second kappa shape index (κ2) is 11.0. The molecular weight excluding hydrogens is 237 g/mol. The molecule has 4 heteroatoms. The molecule has 0 heterocycles. The number of hydrogen-bond donors (Lipinski definition) is 0. The second-order valence-electron chi connectivity index (χ2n) is 0.845. The standard InChI is InChI=1S/C5H5O2.BrH.Zn/c1-3-5(6)7-4-2;;/h4H2,2H3;1H;/q-1;;+2/p-1. The van der Waals surface area contributed by atoms with Gasteiger partial charge in [-0.05, 0) is 6.92 Å². The first-order valence-corrected chi connectivity index (χ1v) is 9.12. The fourth-order valence-corrected chi connectivity index (χ4v) is 0.167. The van der Waals surface area contributed by atoms with Gasteiger partial charge in [-0.2, -0.15) is 0 Å². The van der Waals surface area contributed by atoms with Crippen LogP contribution in [-0.2, 0) is 25.9 Å². The van der Waals surface area contributed by atoms with Crippen molar-refractivity contribution in [2.45, 2.75) is 6.92 Å². The Hall–Kier alpha value is 0.133. The van der Waals surface area contributed by atoms with Crippen LogP contribution in [0.25, 0.3) is 0 Å². The van der Waals surface area contributed by atoms with Crippen LogP contribution in [0.4, 0.5) is 0 Å². The van der Waals surface area contributed by atoms with Gasteiger partial charge in [-0.25, -0.2) is 5.92 Å². The maximum absolute atomic E-state index is 9.89. The van der Waals surface area contributed by atoms with E-state index >= 15 is 0 Å². The number of halogens is 1. The average Bonchev–Trinajstić information content (AvgIpc) is 1.93.